The van der Waals surface area contributed by atoms with Crippen LogP contribution >= 0.6 is 27.5 Å². The second-order valence-electron chi connectivity index (χ2n) is 2.39. The van der Waals surface area contributed by atoms with Gasteiger partial charge in [-0.05, 0) is 12.1 Å². The fourth-order valence-electron chi connectivity index (χ4n) is 1.10. The van der Waals surface area contributed by atoms with Crippen molar-refractivity contribution in [1.82, 2.24) is 3.96 Å². The zero-order valence-electron chi connectivity index (χ0n) is 6.16. The molecule has 0 unspecified atom stereocenters. The molecule has 12 heavy (non-hydrogen) atoms. The van der Waals surface area contributed by atoms with Gasteiger partial charge in [0.15, 0.2) is 0 Å². The Labute approximate surface area is 81.7 Å². The lowest BCUT2D eigenvalue weighted by atomic mass is 10.3. The highest BCUT2D eigenvalue weighted by Gasteiger charge is 2.03. The van der Waals surface area contributed by atoms with Gasteiger partial charge in [-0.25, -0.2) is 0 Å². The summed E-state index contributed by atoms with van der Waals surface area (Å²) < 4.78 is 2.73. The molecular weight excluding hydrogens is 238 g/mol. The van der Waals surface area contributed by atoms with Crippen LogP contribution in [0.2, 0.25) is 0 Å². The molecule has 0 aliphatic rings. The van der Waals surface area contributed by atoms with Crippen LogP contribution in [0.15, 0.2) is 29.1 Å². The van der Waals surface area contributed by atoms with Gasteiger partial charge < -0.3 is 0 Å². The summed E-state index contributed by atoms with van der Waals surface area (Å²) in [6.07, 6.45) is 0. The zero-order valence-corrected chi connectivity index (χ0v) is 8.56. The number of aromatic nitrogens is 1. The lowest BCUT2D eigenvalue weighted by molar-refractivity contribution is 0.975. The summed E-state index contributed by atoms with van der Waals surface area (Å²) in [5.74, 6) is 0. The molecule has 1 heterocycles. The number of fused-ring (bicyclic) bond motifs is 1. The second kappa shape index (κ2) is 3.03. The molecule has 0 amide bonds. The van der Waals surface area contributed by atoms with E-state index >= 15 is 0 Å². The molecule has 0 saturated carbocycles. The average molecular weight is 244 g/mol. The Morgan fingerprint density at radius 1 is 1.42 bits per heavy atom. The van der Waals surface area contributed by atoms with Crippen LogP contribution in [0, 0.1) is 0 Å². The molecule has 0 aliphatic heterocycles. The molecule has 0 N–H and O–H groups in total. The summed E-state index contributed by atoms with van der Waals surface area (Å²) in [5, 5.41) is 0.807. The summed E-state index contributed by atoms with van der Waals surface area (Å²) in [7, 11) is 0. The Hall–Kier alpha value is -0.610. The van der Waals surface area contributed by atoms with Crippen LogP contribution in [-0.2, 0) is 5.45 Å². The maximum atomic E-state index is 11.5. The SMILES string of the molecule is O=c1c2ccccc2sn1CBr. The topological polar surface area (TPSA) is 22.0 Å². The van der Waals surface area contributed by atoms with Crippen molar-refractivity contribution in [2.75, 3.05) is 0 Å². The monoisotopic (exact) mass is 243 g/mol. The summed E-state index contributed by atoms with van der Waals surface area (Å²) in [5.41, 5.74) is 0.665. The minimum atomic E-state index is 0.0903. The van der Waals surface area contributed by atoms with Crippen molar-refractivity contribution in [1.29, 1.82) is 0 Å². The van der Waals surface area contributed by atoms with Crippen LogP contribution < -0.4 is 5.56 Å². The predicted octanol–water partition coefficient (Wildman–Crippen LogP) is 2.42. The van der Waals surface area contributed by atoms with Crippen LogP contribution in [0.1, 0.15) is 0 Å². The number of hydrogen-bond acceptors (Lipinski definition) is 2. The number of benzene rings is 1. The number of halogens is 1. The zero-order chi connectivity index (χ0) is 8.55. The smallest absolute Gasteiger partial charge is 0.268 e. The molecule has 2 aromatic rings. The van der Waals surface area contributed by atoms with E-state index in [4.69, 9.17) is 0 Å². The Bertz CT molecular complexity index is 459. The van der Waals surface area contributed by atoms with E-state index in [9.17, 15) is 4.79 Å². The Morgan fingerprint density at radius 3 is 2.83 bits per heavy atom. The highest BCUT2D eigenvalue weighted by Crippen LogP contribution is 2.16. The van der Waals surface area contributed by atoms with Crippen molar-refractivity contribution in [2.24, 2.45) is 0 Å². The molecule has 4 heteroatoms. The minimum Gasteiger partial charge on any atom is -0.268 e. The van der Waals surface area contributed by atoms with Crippen LogP contribution in [0.5, 0.6) is 0 Å². The predicted molar refractivity (Wildman–Crippen MR) is 55.0 cm³/mol. The highest BCUT2D eigenvalue weighted by atomic mass is 79.9. The van der Waals surface area contributed by atoms with Gasteiger partial charge in [0.1, 0.15) is 0 Å². The number of nitrogens with zero attached hydrogens (tertiary/aromatic N) is 1. The van der Waals surface area contributed by atoms with Crippen molar-refractivity contribution in [3.05, 3.63) is 34.6 Å². The summed E-state index contributed by atoms with van der Waals surface area (Å²) >= 11 is 4.74. The molecule has 0 bridgehead atoms. The molecule has 0 aliphatic carbocycles. The first-order chi connectivity index (χ1) is 5.83. The maximum Gasteiger partial charge on any atom is 0.269 e. The molecule has 2 rings (SSSR count). The summed E-state index contributed by atoms with van der Waals surface area (Å²) in [6, 6.07) is 7.64. The Morgan fingerprint density at radius 2 is 2.17 bits per heavy atom. The number of hydrogen-bond donors (Lipinski definition) is 0. The molecule has 0 spiro atoms. The molecule has 1 aromatic heterocycles. The second-order valence-corrected chi connectivity index (χ2v) is 3.96. The van der Waals surface area contributed by atoms with Gasteiger partial charge >= 0.3 is 0 Å². The normalized spacial score (nSPS) is 10.8. The van der Waals surface area contributed by atoms with Crippen molar-refractivity contribution < 1.29 is 0 Å². The minimum absolute atomic E-state index is 0.0903. The van der Waals surface area contributed by atoms with Crippen LogP contribution in [0.3, 0.4) is 0 Å². The third-order valence-electron chi connectivity index (χ3n) is 1.66. The van der Waals surface area contributed by atoms with Gasteiger partial charge in [-0.3, -0.25) is 8.75 Å². The molecule has 1 aromatic carbocycles. The highest BCUT2D eigenvalue weighted by molar-refractivity contribution is 9.08. The van der Waals surface area contributed by atoms with Gasteiger partial charge in [0.2, 0.25) is 0 Å². The van der Waals surface area contributed by atoms with E-state index in [0.717, 1.165) is 10.1 Å². The van der Waals surface area contributed by atoms with E-state index in [1.807, 2.05) is 24.3 Å². The van der Waals surface area contributed by atoms with Gasteiger partial charge in [0.25, 0.3) is 5.56 Å². The Kier molecular flexibility index (Phi) is 2.02. The van der Waals surface area contributed by atoms with Gasteiger partial charge in [-0.15, -0.1) is 0 Å². The third kappa shape index (κ3) is 1.11. The van der Waals surface area contributed by atoms with Gasteiger partial charge in [-0.2, -0.15) is 0 Å². The van der Waals surface area contributed by atoms with Gasteiger partial charge in [0, 0.05) is 0 Å². The van der Waals surface area contributed by atoms with Gasteiger partial charge in [0.05, 0.1) is 15.5 Å². The molecule has 0 fully saturated rings. The van der Waals surface area contributed by atoms with E-state index in [2.05, 4.69) is 15.9 Å². The molecule has 2 nitrogen and oxygen atoms in total. The molecule has 62 valence electrons. The lowest BCUT2D eigenvalue weighted by Crippen LogP contribution is -2.09. The quantitative estimate of drug-likeness (QED) is 0.706. The fourth-order valence-corrected chi connectivity index (χ4v) is 2.49. The third-order valence-corrected chi connectivity index (χ3v) is 3.56. The van der Waals surface area contributed by atoms with E-state index in [-0.39, 0.29) is 5.56 Å². The molecule has 0 atom stereocenters. The Balaban J connectivity index is 2.88. The van der Waals surface area contributed by atoms with E-state index < -0.39 is 0 Å². The van der Waals surface area contributed by atoms with E-state index in [1.165, 1.54) is 11.5 Å². The largest absolute Gasteiger partial charge is 0.269 e. The molecular formula is C8H6BrNOS. The maximum absolute atomic E-state index is 11.5. The first kappa shape index (κ1) is 8.01. The molecule has 0 radical (unpaired) electrons. The average Bonchev–Trinajstić information content (AvgIpc) is 2.44. The van der Waals surface area contributed by atoms with Crippen molar-refractivity contribution in [2.45, 2.75) is 5.45 Å². The summed E-state index contributed by atoms with van der Waals surface area (Å²) in [4.78, 5) is 11.5. The van der Waals surface area contributed by atoms with Crippen molar-refractivity contribution in [3.8, 4) is 0 Å². The number of rotatable bonds is 1. The van der Waals surface area contributed by atoms with Crippen molar-refractivity contribution >= 4 is 37.5 Å². The van der Waals surface area contributed by atoms with E-state index in [1.54, 1.807) is 3.96 Å². The van der Waals surface area contributed by atoms with Crippen LogP contribution in [-0.4, -0.2) is 3.96 Å². The van der Waals surface area contributed by atoms with Crippen molar-refractivity contribution in [3.63, 3.8) is 0 Å². The first-order valence-electron chi connectivity index (χ1n) is 3.48. The summed E-state index contributed by atoms with van der Waals surface area (Å²) in [6.45, 7) is 0. The van der Waals surface area contributed by atoms with Gasteiger partial charge in [-0.1, -0.05) is 39.6 Å². The first-order valence-corrected chi connectivity index (χ1v) is 5.37. The van der Waals surface area contributed by atoms with Crippen LogP contribution in [0.4, 0.5) is 0 Å². The number of alkyl halides is 1. The van der Waals surface area contributed by atoms with Crippen LogP contribution in [0.25, 0.3) is 10.1 Å². The standard InChI is InChI=1S/C8H6BrNOS/c9-5-10-8(11)6-3-1-2-4-7(6)12-10/h1-4H,5H2. The molecule has 0 saturated heterocycles. The fraction of sp³-hybridized carbons (Fsp3) is 0.125. The lowest BCUT2D eigenvalue weighted by Gasteiger charge is -1.85. The van der Waals surface area contributed by atoms with E-state index in [0.29, 0.717) is 5.45 Å².